The molecule has 36 heavy (non-hydrogen) atoms. The molecule has 3 aromatic rings. The Morgan fingerprint density at radius 2 is 2.00 bits per heavy atom. The average molecular weight is 490 g/mol. The Morgan fingerprint density at radius 3 is 2.78 bits per heavy atom. The smallest absolute Gasteiger partial charge is 0.326 e. The van der Waals surface area contributed by atoms with Crippen LogP contribution in [0.3, 0.4) is 0 Å². The molecule has 0 bridgehead atoms. The van der Waals surface area contributed by atoms with Gasteiger partial charge in [0.1, 0.15) is 5.82 Å². The highest BCUT2D eigenvalue weighted by Crippen LogP contribution is 2.36. The SMILES string of the molecule is CCC1CN=C(C2CC2)CC1=Nc1cc(N2CCNCC2)nc(Oc2ccc3[nH]c(C)cc3c2F)n1. The third kappa shape index (κ3) is 4.72. The molecule has 1 atom stereocenters. The van der Waals surface area contributed by atoms with E-state index in [0.717, 1.165) is 68.3 Å². The molecule has 6 rings (SSSR count). The number of nitrogens with one attached hydrogen (secondary N) is 2. The molecule has 0 spiro atoms. The summed E-state index contributed by atoms with van der Waals surface area (Å²) in [5, 5.41) is 3.86. The Bertz CT molecular complexity index is 1340. The zero-order valence-corrected chi connectivity index (χ0v) is 20.9. The van der Waals surface area contributed by atoms with Crippen LogP contribution >= 0.6 is 0 Å². The van der Waals surface area contributed by atoms with Gasteiger partial charge in [-0.05, 0) is 50.3 Å². The van der Waals surface area contributed by atoms with Crippen molar-refractivity contribution in [2.24, 2.45) is 21.8 Å². The molecule has 1 aromatic carbocycles. The molecule has 2 fully saturated rings. The molecule has 1 unspecified atom stereocenters. The lowest BCUT2D eigenvalue weighted by Crippen LogP contribution is -2.43. The van der Waals surface area contributed by atoms with Gasteiger partial charge in [0.05, 0.1) is 0 Å². The molecule has 2 aliphatic heterocycles. The van der Waals surface area contributed by atoms with Crippen molar-refractivity contribution in [3.63, 3.8) is 0 Å². The Morgan fingerprint density at radius 1 is 1.17 bits per heavy atom. The molecular weight excluding hydrogens is 457 g/mol. The molecular formula is C27H32FN7O. The summed E-state index contributed by atoms with van der Waals surface area (Å²) in [4.78, 5) is 24.5. The molecule has 2 aromatic heterocycles. The summed E-state index contributed by atoms with van der Waals surface area (Å²) < 4.78 is 21.2. The van der Waals surface area contributed by atoms with E-state index < -0.39 is 5.82 Å². The lowest BCUT2D eigenvalue weighted by molar-refractivity contribution is 0.413. The van der Waals surface area contributed by atoms with Crippen LogP contribution < -0.4 is 15.0 Å². The van der Waals surface area contributed by atoms with Crippen molar-refractivity contribution in [2.75, 3.05) is 37.6 Å². The maximum atomic E-state index is 15.3. The van der Waals surface area contributed by atoms with Gasteiger partial charge in [-0.1, -0.05) is 6.92 Å². The van der Waals surface area contributed by atoms with E-state index in [0.29, 0.717) is 23.0 Å². The molecule has 0 radical (unpaired) electrons. The number of ether oxygens (including phenoxy) is 1. The third-order valence-electron chi connectivity index (χ3n) is 7.31. The highest BCUT2D eigenvalue weighted by molar-refractivity contribution is 6.09. The van der Waals surface area contributed by atoms with E-state index in [-0.39, 0.29) is 11.8 Å². The largest absolute Gasteiger partial charge is 0.421 e. The van der Waals surface area contributed by atoms with Gasteiger partial charge in [-0.15, -0.1) is 0 Å². The molecule has 4 heterocycles. The van der Waals surface area contributed by atoms with Gasteiger partial charge in [-0.25, -0.2) is 9.38 Å². The van der Waals surface area contributed by atoms with Gasteiger partial charge in [0.2, 0.25) is 0 Å². The number of aliphatic imine (C=N–C) groups is 2. The van der Waals surface area contributed by atoms with Crippen molar-refractivity contribution in [2.45, 2.75) is 39.5 Å². The zero-order valence-electron chi connectivity index (χ0n) is 20.9. The lowest BCUT2D eigenvalue weighted by atomic mass is 9.91. The number of hydrogen-bond donors (Lipinski definition) is 2. The van der Waals surface area contributed by atoms with Gasteiger partial charge in [0, 0.05) is 79.1 Å². The molecule has 8 nitrogen and oxygen atoms in total. The van der Waals surface area contributed by atoms with Gasteiger partial charge in [-0.2, -0.15) is 9.97 Å². The second-order valence-electron chi connectivity index (χ2n) is 9.99. The van der Waals surface area contributed by atoms with Crippen molar-refractivity contribution in [3.8, 4) is 11.8 Å². The summed E-state index contributed by atoms with van der Waals surface area (Å²) in [6.45, 7) is 8.28. The number of anilines is 1. The predicted molar refractivity (Wildman–Crippen MR) is 141 cm³/mol. The highest BCUT2D eigenvalue weighted by atomic mass is 19.1. The standard InChI is InChI=1S/C27H32FN7O/c1-3-17-15-30-21(18-4-5-18)13-22(17)32-24-14-25(35-10-8-29-9-11-35)34-27(33-24)36-23-7-6-20-19(26(23)28)12-16(2)31-20/h6-7,12,14,17-18,29,31H,3-5,8-11,13,15H2,1-2H3. The Balaban J connectivity index is 1.36. The van der Waals surface area contributed by atoms with Crippen LogP contribution in [0.2, 0.25) is 0 Å². The minimum atomic E-state index is -0.426. The molecule has 0 amide bonds. The van der Waals surface area contributed by atoms with Crippen LogP contribution in [0.25, 0.3) is 10.9 Å². The second-order valence-corrected chi connectivity index (χ2v) is 9.99. The molecule has 1 saturated heterocycles. The third-order valence-corrected chi connectivity index (χ3v) is 7.31. The molecule has 1 aliphatic carbocycles. The lowest BCUT2D eigenvalue weighted by Gasteiger charge is -2.28. The van der Waals surface area contributed by atoms with E-state index >= 15 is 4.39 Å². The van der Waals surface area contributed by atoms with Crippen molar-refractivity contribution < 1.29 is 9.13 Å². The number of H-pyrrole nitrogens is 1. The van der Waals surface area contributed by atoms with Gasteiger partial charge in [0.25, 0.3) is 0 Å². The van der Waals surface area contributed by atoms with Crippen LogP contribution in [-0.4, -0.2) is 59.1 Å². The van der Waals surface area contributed by atoms with E-state index in [2.05, 4.69) is 32.1 Å². The number of aryl methyl sites for hydroxylation is 1. The fourth-order valence-corrected chi connectivity index (χ4v) is 5.08. The first kappa shape index (κ1) is 23.1. The first-order chi connectivity index (χ1) is 17.6. The Hall–Kier alpha value is -3.33. The summed E-state index contributed by atoms with van der Waals surface area (Å²) in [6.07, 6.45) is 4.27. The van der Waals surface area contributed by atoms with Crippen molar-refractivity contribution in [1.82, 2.24) is 20.3 Å². The topological polar surface area (TPSA) is 90.8 Å². The maximum Gasteiger partial charge on any atom is 0.326 e. The average Bonchev–Trinajstić information content (AvgIpc) is 3.67. The fraction of sp³-hybridized carbons (Fsp3) is 0.481. The molecule has 3 aliphatic rings. The van der Waals surface area contributed by atoms with Crippen molar-refractivity contribution in [1.29, 1.82) is 0 Å². The van der Waals surface area contributed by atoms with E-state index in [1.165, 1.54) is 18.6 Å². The number of fused-ring (bicyclic) bond motifs is 1. The number of aromatic amines is 1. The summed E-state index contributed by atoms with van der Waals surface area (Å²) in [6, 6.07) is 7.24. The van der Waals surface area contributed by atoms with Gasteiger partial charge < -0.3 is 19.9 Å². The van der Waals surface area contributed by atoms with Crippen molar-refractivity contribution in [3.05, 3.63) is 35.8 Å². The summed E-state index contributed by atoms with van der Waals surface area (Å²) in [5.74, 6) is 1.92. The van der Waals surface area contributed by atoms with Crippen molar-refractivity contribution >= 4 is 34.0 Å². The van der Waals surface area contributed by atoms with E-state index in [1.807, 2.05) is 19.1 Å². The van der Waals surface area contributed by atoms with Gasteiger partial charge in [-0.3, -0.25) is 4.99 Å². The molecule has 9 heteroatoms. The normalized spacial score (nSPS) is 21.8. The number of piperazine rings is 1. The quantitative estimate of drug-likeness (QED) is 0.511. The zero-order chi connectivity index (χ0) is 24.6. The predicted octanol–water partition coefficient (Wildman–Crippen LogP) is 4.96. The summed E-state index contributed by atoms with van der Waals surface area (Å²) >= 11 is 0. The van der Waals surface area contributed by atoms with Crippen LogP contribution in [0.1, 0.15) is 38.3 Å². The second kappa shape index (κ2) is 9.61. The number of nitrogens with zero attached hydrogens (tertiary/aromatic N) is 5. The minimum absolute atomic E-state index is 0.102. The van der Waals surface area contributed by atoms with E-state index in [9.17, 15) is 0 Å². The van der Waals surface area contributed by atoms with Gasteiger partial charge in [0.15, 0.2) is 17.4 Å². The number of aromatic nitrogens is 3. The Labute approximate surface area is 210 Å². The minimum Gasteiger partial charge on any atom is -0.421 e. The van der Waals surface area contributed by atoms with Crippen LogP contribution in [-0.2, 0) is 0 Å². The van der Waals surface area contributed by atoms with E-state index in [1.54, 1.807) is 12.1 Å². The number of rotatable bonds is 6. The molecule has 188 valence electrons. The first-order valence-electron chi connectivity index (χ1n) is 13.0. The number of benzene rings is 1. The van der Waals surface area contributed by atoms with Crippen LogP contribution in [0.5, 0.6) is 11.8 Å². The number of halogens is 1. The summed E-state index contributed by atoms with van der Waals surface area (Å²) in [5.41, 5.74) is 4.03. The maximum absolute atomic E-state index is 15.3. The van der Waals surface area contributed by atoms with Crippen LogP contribution in [0, 0.1) is 24.6 Å². The van der Waals surface area contributed by atoms with Crippen LogP contribution in [0.15, 0.2) is 34.3 Å². The molecule has 1 saturated carbocycles. The van der Waals surface area contributed by atoms with Gasteiger partial charge >= 0.3 is 6.01 Å². The highest BCUT2D eigenvalue weighted by Gasteiger charge is 2.32. The monoisotopic (exact) mass is 489 g/mol. The van der Waals surface area contributed by atoms with Crippen LogP contribution in [0.4, 0.5) is 16.0 Å². The molecule has 2 N–H and O–H groups in total. The Kier molecular flexibility index (Phi) is 6.17. The van der Waals surface area contributed by atoms with E-state index in [4.69, 9.17) is 14.7 Å². The first-order valence-corrected chi connectivity index (χ1v) is 13.0. The summed E-state index contributed by atoms with van der Waals surface area (Å²) in [7, 11) is 0. The fourth-order valence-electron chi connectivity index (χ4n) is 5.08. The number of hydrogen-bond acceptors (Lipinski definition) is 7.